The van der Waals surface area contributed by atoms with E-state index in [2.05, 4.69) is 38.2 Å². The van der Waals surface area contributed by atoms with Crippen molar-refractivity contribution in [2.24, 2.45) is 5.92 Å². The van der Waals surface area contributed by atoms with Crippen molar-refractivity contribution in [1.29, 1.82) is 0 Å². The summed E-state index contributed by atoms with van der Waals surface area (Å²) in [7, 11) is 0. The number of carbonyl (C=O) groups excluding carboxylic acids is 1. The lowest BCUT2D eigenvalue weighted by molar-refractivity contribution is -0.137. The molecule has 0 bridgehead atoms. The summed E-state index contributed by atoms with van der Waals surface area (Å²) in [5.74, 6) is 0.590. The molecule has 8 heteroatoms. The number of nitrogens with one attached hydrogen (secondary N) is 1. The van der Waals surface area contributed by atoms with Gasteiger partial charge < -0.3 is 15.2 Å². The summed E-state index contributed by atoms with van der Waals surface area (Å²) in [6.45, 7) is 6.56. The van der Waals surface area contributed by atoms with Crippen molar-refractivity contribution in [2.45, 2.75) is 70.8 Å². The van der Waals surface area contributed by atoms with Crippen LogP contribution in [0.2, 0.25) is 5.02 Å². The average Bonchev–Trinajstić information content (AvgIpc) is 3.74. The van der Waals surface area contributed by atoms with Gasteiger partial charge in [0, 0.05) is 25.9 Å². The lowest BCUT2D eigenvalue weighted by Gasteiger charge is -2.19. The van der Waals surface area contributed by atoms with Crippen LogP contribution in [0.25, 0.3) is 21.2 Å². The number of rotatable bonds is 10. The van der Waals surface area contributed by atoms with Crippen LogP contribution >= 0.6 is 22.9 Å². The van der Waals surface area contributed by atoms with E-state index in [1.807, 2.05) is 66.7 Å². The molecule has 0 saturated heterocycles. The van der Waals surface area contributed by atoms with Crippen LogP contribution in [-0.2, 0) is 16.6 Å². The zero-order chi connectivity index (χ0) is 33.1. The largest absolute Gasteiger partial charge is 0.481 e. The van der Waals surface area contributed by atoms with E-state index in [1.54, 1.807) is 6.07 Å². The van der Waals surface area contributed by atoms with Crippen LogP contribution in [0.4, 0.5) is 0 Å². The lowest BCUT2D eigenvalue weighted by atomic mass is 9.87. The molecule has 1 saturated carbocycles. The monoisotopic (exact) mass is 666 g/mol. The topological polar surface area (TPSA) is 88.5 Å². The second kappa shape index (κ2) is 13.9. The molecule has 1 aliphatic carbocycles. The third kappa shape index (κ3) is 8.03. The third-order valence-electron chi connectivity index (χ3n) is 8.81. The molecule has 6 nitrogen and oxygen atoms in total. The van der Waals surface area contributed by atoms with Crippen LogP contribution in [-0.4, -0.2) is 22.0 Å². The minimum atomic E-state index is -0.995. The van der Waals surface area contributed by atoms with Gasteiger partial charge in [-0.15, -0.1) is 11.3 Å². The Balaban J connectivity index is 1.28. The fourth-order valence-electron chi connectivity index (χ4n) is 6.22. The van der Waals surface area contributed by atoms with Gasteiger partial charge in [0.1, 0.15) is 17.2 Å². The van der Waals surface area contributed by atoms with Crippen LogP contribution in [0.3, 0.4) is 0 Å². The summed E-state index contributed by atoms with van der Waals surface area (Å²) in [6, 6.07) is 26.5. The number of carbonyl (C=O) groups is 2. The smallest absolute Gasteiger partial charge is 0.305 e. The average molecular weight is 667 g/mol. The van der Waals surface area contributed by atoms with E-state index in [1.165, 1.54) is 29.7 Å². The molecule has 1 atom stereocenters. The van der Waals surface area contributed by atoms with Gasteiger partial charge in [-0.25, -0.2) is 4.98 Å². The van der Waals surface area contributed by atoms with Gasteiger partial charge in [-0.3, -0.25) is 9.59 Å². The Labute approximate surface area is 284 Å². The summed E-state index contributed by atoms with van der Waals surface area (Å²) in [5, 5.41) is 15.2. The molecule has 242 valence electrons. The second-order valence-electron chi connectivity index (χ2n) is 13.4. The van der Waals surface area contributed by atoms with Gasteiger partial charge in [0.2, 0.25) is 0 Å². The molecule has 47 heavy (non-hydrogen) atoms. The molecule has 0 aliphatic heterocycles. The van der Waals surface area contributed by atoms with E-state index in [0.29, 0.717) is 16.7 Å². The predicted octanol–water partition coefficient (Wildman–Crippen LogP) is 10.4. The number of hydrogen-bond donors (Lipinski definition) is 2. The number of amides is 1. The van der Waals surface area contributed by atoms with E-state index in [4.69, 9.17) is 21.3 Å². The van der Waals surface area contributed by atoms with Crippen molar-refractivity contribution in [3.05, 3.63) is 112 Å². The predicted molar refractivity (Wildman–Crippen MR) is 190 cm³/mol. The molecule has 2 heterocycles. The highest BCUT2D eigenvalue weighted by Crippen LogP contribution is 2.35. The van der Waals surface area contributed by atoms with Gasteiger partial charge in [0.25, 0.3) is 5.91 Å². The Morgan fingerprint density at radius 1 is 0.957 bits per heavy atom. The molecule has 0 spiro atoms. The van der Waals surface area contributed by atoms with Crippen molar-refractivity contribution in [1.82, 2.24) is 10.3 Å². The van der Waals surface area contributed by atoms with E-state index in [-0.39, 0.29) is 17.5 Å². The Morgan fingerprint density at radius 3 is 2.34 bits per heavy atom. The number of carboxylic acid groups (broad SMARTS) is 1. The quantitative estimate of drug-likeness (QED) is 0.155. The number of carboxylic acids is 1. The maximum atomic E-state index is 13.8. The number of aliphatic carboxylic acids is 1. The summed E-state index contributed by atoms with van der Waals surface area (Å²) < 4.78 is 6.27. The first-order valence-electron chi connectivity index (χ1n) is 16.1. The van der Waals surface area contributed by atoms with Gasteiger partial charge in [0.05, 0.1) is 12.5 Å². The van der Waals surface area contributed by atoms with E-state index in [0.717, 1.165) is 56.8 Å². The number of ether oxygens (including phenoxy) is 1. The van der Waals surface area contributed by atoms with Crippen LogP contribution in [0.5, 0.6) is 11.5 Å². The van der Waals surface area contributed by atoms with Crippen molar-refractivity contribution < 1.29 is 19.4 Å². The number of aromatic nitrogens is 1. The summed E-state index contributed by atoms with van der Waals surface area (Å²) in [4.78, 5) is 32.3. The number of fused-ring (bicyclic) bond motifs is 1. The zero-order valence-corrected chi connectivity index (χ0v) is 28.5. The molecule has 1 fully saturated rings. The van der Waals surface area contributed by atoms with Crippen molar-refractivity contribution in [3.8, 4) is 21.9 Å². The van der Waals surface area contributed by atoms with Crippen molar-refractivity contribution >= 4 is 45.6 Å². The van der Waals surface area contributed by atoms with Gasteiger partial charge in [-0.1, -0.05) is 88.4 Å². The number of pyridine rings is 1. The summed E-state index contributed by atoms with van der Waals surface area (Å²) in [5.41, 5.74) is 3.42. The number of hydrogen-bond acceptors (Lipinski definition) is 5. The minimum Gasteiger partial charge on any atom is -0.481 e. The van der Waals surface area contributed by atoms with Crippen LogP contribution in [0, 0.1) is 5.92 Å². The molecule has 3 aromatic carbocycles. The van der Waals surface area contributed by atoms with E-state index < -0.39 is 17.9 Å². The van der Waals surface area contributed by atoms with Crippen LogP contribution < -0.4 is 10.1 Å². The minimum absolute atomic E-state index is 0.0596. The molecular formula is C39H39ClN2O4S. The molecule has 0 radical (unpaired) electrons. The normalized spacial score (nSPS) is 14.3. The first kappa shape index (κ1) is 32.7. The van der Waals surface area contributed by atoms with Gasteiger partial charge >= 0.3 is 5.97 Å². The standard InChI is InChI=1S/C39H39ClN2O4S/c1-39(2,3)27-11-16-29(17-12-27)46-30-15-10-26-21-34(41-32(31(26)22-30)20-24-6-4-5-7-24)38(45)42-33(23-37(43)44)36-19-18-35(47-36)25-8-13-28(40)14-9-25/h8-19,21-22,24,33H,4-7,20,23H2,1-3H3,(H,42,45)(H,43,44). The van der Waals surface area contributed by atoms with Crippen LogP contribution in [0.1, 0.15) is 85.5 Å². The maximum Gasteiger partial charge on any atom is 0.305 e. The fraction of sp³-hybridized carbons (Fsp3) is 0.308. The number of benzene rings is 3. The van der Waals surface area contributed by atoms with Gasteiger partial charge in [-0.2, -0.15) is 0 Å². The SMILES string of the molecule is CC(C)(C)c1ccc(Oc2ccc3cc(C(=O)NC(CC(=O)O)c4ccc(-c5ccc(Cl)cc5)s4)nc(CC4CCCC4)c3c2)cc1. The van der Waals surface area contributed by atoms with Crippen LogP contribution in [0.15, 0.2) is 84.9 Å². The first-order chi connectivity index (χ1) is 22.5. The van der Waals surface area contributed by atoms with E-state index >= 15 is 0 Å². The summed E-state index contributed by atoms with van der Waals surface area (Å²) >= 11 is 7.51. The van der Waals surface area contributed by atoms with E-state index in [9.17, 15) is 14.7 Å². The molecule has 1 amide bonds. The van der Waals surface area contributed by atoms with Crippen molar-refractivity contribution in [3.63, 3.8) is 0 Å². The van der Waals surface area contributed by atoms with Gasteiger partial charge in [0.15, 0.2) is 0 Å². The Bertz CT molecular complexity index is 1890. The third-order valence-corrected chi connectivity index (χ3v) is 10.3. The Hall–Kier alpha value is -4.20. The Kier molecular flexibility index (Phi) is 9.67. The van der Waals surface area contributed by atoms with Gasteiger partial charge in [-0.05, 0) is 88.9 Å². The zero-order valence-electron chi connectivity index (χ0n) is 26.9. The number of thiophene rings is 1. The molecule has 5 aromatic rings. The second-order valence-corrected chi connectivity index (χ2v) is 15.0. The molecule has 2 aromatic heterocycles. The summed E-state index contributed by atoms with van der Waals surface area (Å²) in [6.07, 6.45) is 5.23. The Morgan fingerprint density at radius 2 is 1.66 bits per heavy atom. The highest BCUT2D eigenvalue weighted by atomic mass is 35.5. The highest BCUT2D eigenvalue weighted by Gasteiger charge is 2.24. The fourth-order valence-corrected chi connectivity index (χ4v) is 7.41. The lowest BCUT2D eigenvalue weighted by Crippen LogP contribution is -2.30. The molecule has 1 aliphatic rings. The maximum absolute atomic E-state index is 13.8. The molecule has 2 N–H and O–H groups in total. The molecular weight excluding hydrogens is 628 g/mol. The van der Waals surface area contributed by atoms with Crippen molar-refractivity contribution in [2.75, 3.05) is 0 Å². The first-order valence-corrected chi connectivity index (χ1v) is 17.3. The number of nitrogens with zero attached hydrogens (tertiary/aromatic N) is 1. The highest BCUT2D eigenvalue weighted by molar-refractivity contribution is 7.15. The molecule has 1 unspecified atom stereocenters. The number of halogens is 1. The molecule has 6 rings (SSSR count).